The first-order chi connectivity index (χ1) is 9.90. The van der Waals surface area contributed by atoms with Crippen LogP contribution in [0.1, 0.15) is 10.4 Å². The zero-order chi connectivity index (χ0) is 15.6. The Morgan fingerprint density at radius 2 is 1.81 bits per heavy atom. The van der Waals surface area contributed by atoms with Crippen molar-refractivity contribution in [2.24, 2.45) is 0 Å². The number of non-ortho nitro benzene ring substituents is 1. The predicted molar refractivity (Wildman–Crippen MR) is 82.5 cm³/mol. The molecule has 0 spiro atoms. The summed E-state index contributed by atoms with van der Waals surface area (Å²) in [5.74, 6) is -0.565. The molecule has 2 aromatic carbocycles. The molecule has 8 heteroatoms. The van der Waals surface area contributed by atoms with Crippen molar-refractivity contribution < 1.29 is 9.72 Å². The van der Waals surface area contributed by atoms with Gasteiger partial charge < -0.3 is 5.32 Å². The highest BCUT2D eigenvalue weighted by molar-refractivity contribution is 6.44. The molecule has 0 fully saturated rings. The fourth-order valence-electron chi connectivity index (χ4n) is 1.59. The van der Waals surface area contributed by atoms with Gasteiger partial charge in [-0.25, -0.2) is 0 Å². The minimum absolute atomic E-state index is 0.0956. The normalized spacial score (nSPS) is 10.2. The Kier molecular flexibility index (Phi) is 4.67. The number of nitrogens with zero attached hydrogens (tertiary/aromatic N) is 1. The first kappa shape index (κ1) is 15.6. The lowest BCUT2D eigenvalue weighted by Crippen LogP contribution is -2.13. The van der Waals surface area contributed by atoms with Crippen LogP contribution in [0.15, 0.2) is 36.4 Å². The van der Waals surface area contributed by atoms with E-state index in [2.05, 4.69) is 5.32 Å². The summed E-state index contributed by atoms with van der Waals surface area (Å²) in [5, 5.41) is 13.7. The van der Waals surface area contributed by atoms with Crippen molar-refractivity contribution in [3.8, 4) is 0 Å². The third-order valence-corrected chi connectivity index (χ3v) is 3.75. The van der Waals surface area contributed by atoms with Crippen LogP contribution in [0.2, 0.25) is 15.1 Å². The molecule has 21 heavy (non-hydrogen) atoms. The highest BCUT2D eigenvalue weighted by Gasteiger charge is 2.16. The Balaban J connectivity index is 2.33. The monoisotopic (exact) mass is 344 g/mol. The minimum Gasteiger partial charge on any atom is -0.320 e. The Bertz CT molecular complexity index is 735. The van der Waals surface area contributed by atoms with Gasteiger partial charge in [-0.3, -0.25) is 14.9 Å². The van der Waals surface area contributed by atoms with Crippen LogP contribution in [-0.4, -0.2) is 10.8 Å². The molecule has 2 aromatic rings. The van der Waals surface area contributed by atoms with E-state index in [0.717, 1.165) is 0 Å². The van der Waals surface area contributed by atoms with Crippen molar-refractivity contribution >= 4 is 52.1 Å². The van der Waals surface area contributed by atoms with Crippen LogP contribution < -0.4 is 5.32 Å². The van der Waals surface area contributed by atoms with Crippen LogP contribution >= 0.6 is 34.8 Å². The Morgan fingerprint density at radius 1 is 1.10 bits per heavy atom. The van der Waals surface area contributed by atoms with Crippen LogP contribution in [0.5, 0.6) is 0 Å². The molecule has 0 aliphatic rings. The van der Waals surface area contributed by atoms with Crippen molar-refractivity contribution in [3.05, 3.63) is 67.1 Å². The zero-order valence-corrected chi connectivity index (χ0v) is 12.5. The lowest BCUT2D eigenvalue weighted by Gasteiger charge is -2.09. The van der Waals surface area contributed by atoms with Crippen molar-refractivity contribution in [2.45, 2.75) is 0 Å². The van der Waals surface area contributed by atoms with E-state index in [1.807, 2.05) is 0 Å². The summed E-state index contributed by atoms with van der Waals surface area (Å²) in [5.41, 5.74) is 0.0746. The van der Waals surface area contributed by atoms with Crippen molar-refractivity contribution in [1.29, 1.82) is 0 Å². The molecule has 108 valence electrons. The maximum absolute atomic E-state index is 12.1. The maximum Gasteiger partial charge on any atom is 0.271 e. The summed E-state index contributed by atoms with van der Waals surface area (Å²) in [4.78, 5) is 22.3. The number of amides is 1. The highest BCUT2D eigenvalue weighted by atomic mass is 35.5. The van der Waals surface area contributed by atoms with E-state index in [1.54, 1.807) is 12.1 Å². The van der Waals surface area contributed by atoms with Crippen molar-refractivity contribution in [1.82, 2.24) is 0 Å². The molecule has 0 radical (unpaired) electrons. The number of anilines is 1. The average molecular weight is 346 g/mol. The Labute approximate surface area is 134 Å². The van der Waals surface area contributed by atoms with Gasteiger partial charge in [-0.05, 0) is 18.2 Å². The van der Waals surface area contributed by atoms with Gasteiger partial charge in [-0.2, -0.15) is 0 Å². The van der Waals surface area contributed by atoms with Gasteiger partial charge in [0, 0.05) is 12.1 Å². The largest absolute Gasteiger partial charge is 0.320 e. The van der Waals surface area contributed by atoms with Crippen LogP contribution in [0.4, 0.5) is 11.4 Å². The van der Waals surface area contributed by atoms with E-state index >= 15 is 0 Å². The summed E-state index contributed by atoms with van der Waals surface area (Å²) in [6.45, 7) is 0. The van der Waals surface area contributed by atoms with Crippen LogP contribution in [0.25, 0.3) is 0 Å². The third kappa shape index (κ3) is 3.44. The summed E-state index contributed by atoms with van der Waals surface area (Å²) < 4.78 is 0. The quantitative estimate of drug-likeness (QED) is 0.641. The number of nitro benzene ring substituents is 1. The molecule has 0 aromatic heterocycles. The molecule has 1 N–H and O–H groups in total. The standard InChI is InChI=1S/C13H7Cl3N2O3/c14-9-5-4-7(18(20)21)6-11(9)17-13(19)8-2-1-3-10(15)12(8)16/h1-6H,(H,17,19). The number of rotatable bonds is 3. The fraction of sp³-hybridized carbons (Fsp3) is 0. The summed E-state index contributed by atoms with van der Waals surface area (Å²) in [6.07, 6.45) is 0. The fourth-order valence-corrected chi connectivity index (χ4v) is 2.14. The smallest absolute Gasteiger partial charge is 0.271 e. The molecule has 0 atom stereocenters. The molecule has 2 rings (SSSR count). The number of nitro groups is 1. The first-order valence-electron chi connectivity index (χ1n) is 5.59. The average Bonchev–Trinajstić information content (AvgIpc) is 2.43. The van der Waals surface area contributed by atoms with Crippen LogP contribution in [0.3, 0.4) is 0 Å². The van der Waals surface area contributed by atoms with E-state index in [1.165, 1.54) is 24.3 Å². The molecule has 5 nitrogen and oxygen atoms in total. The topological polar surface area (TPSA) is 72.2 Å². The van der Waals surface area contributed by atoms with Gasteiger partial charge in [-0.15, -0.1) is 0 Å². The van der Waals surface area contributed by atoms with Crippen molar-refractivity contribution in [2.75, 3.05) is 5.32 Å². The molecule has 0 aliphatic heterocycles. The number of benzene rings is 2. The number of hydrogen-bond donors (Lipinski definition) is 1. The Morgan fingerprint density at radius 3 is 2.48 bits per heavy atom. The molecule has 0 unspecified atom stereocenters. The number of nitrogens with one attached hydrogen (secondary N) is 1. The molecule has 1 amide bonds. The zero-order valence-electron chi connectivity index (χ0n) is 10.3. The van der Waals surface area contributed by atoms with Crippen LogP contribution in [-0.2, 0) is 0 Å². The van der Waals surface area contributed by atoms with Crippen molar-refractivity contribution in [3.63, 3.8) is 0 Å². The minimum atomic E-state index is -0.585. The van der Waals surface area contributed by atoms with Gasteiger partial charge in [0.2, 0.25) is 0 Å². The number of hydrogen-bond acceptors (Lipinski definition) is 3. The molecule has 0 saturated carbocycles. The molecule has 0 heterocycles. The van der Waals surface area contributed by atoms with Gasteiger partial charge in [0.15, 0.2) is 0 Å². The molecular formula is C13H7Cl3N2O3. The molecule has 0 saturated heterocycles. The molecule has 0 bridgehead atoms. The van der Waals surface area contributed by atoms with Gasteiger partial charge in [0.25, 0.3) is 11.6 Å². The number of carbonyl (C=O) groups excluding carboxylic acids is 1. The maximum atomic E-state index is 12.1. The van der Waals surface area contributed by atoms with Gasteiger partial charge in [-0.1, -0.05) is 40.9 Å². The molecule has 0 aliphatic carbocycles. The van der Waals surface area contributed by atoms with E-state index in [-0.39, 0.29) is 32.0 Å². The van der Waals surface area contributed by atoms with E-state index in [0.29, 0.717) is 0 Å². The lowest BCUT2D eigenvalue weighted by atomic mass is 10.2. The first-order valence-corrected chi connectivity index (χ1v) is 6.73. The SMILES string of the molecule is O=C(Nc1cc([N+](=O)[O-])ccc1Cl)c1cccc(Cl)c1Cl. The third-order valence-electron chi connectivity index (χ3n) is 2.61. The van der Waals surface area contributed by atoms with Crippen LogP contribution in [0, 0.1) is 10.1 Å². The van der Waals surface area contributed by atoms with E-state index in [9.17, 15) is 14.9 Å². The van der Waals surface area contributed by atoms with E-state index < -0.39 is 10.8 Å². The summed E-state index contributed by atoms with van der Waals surface area (Å²) >= 11 is 17.7. The lowest BCUT2D eigenvalue weighted by molar-refractivity contribution is -0.384. The van der Waals surface area contributed by atoms with E-state index in [4.69, 9.17) is 34.8 Å². The number of carbonyl (C=O) groups is 1. The Hall–Kier alpha value is -1.82. The highest BCUT2D eigenvalue weighted by Crippen LogP contribution is 2.29. The second kappa shape index (κ2) is 6.30. The molecular weight excluding hydrogens is 339 g/mol. The van der Waals surface area contributed by atoms with Gasteiger partial charge >= 0.3 is 0 Å². The van der Waals surface area contributed by atoms with Gasteiger partial charge in [0.05, 0.1) is 31.2 Å². The van der Waals surface area contributed by atoms with Gasteiger partial charge in [0.1, 0.15) is 0 Å². The second-order valence-electron chi connectivity index (χ2n) is 3.98. The summed E-state index contributed by atoms with van der Waals surface area (Å²) in [6, 6.07) is 8.33. The predicted octanol–water partition coefficient (Wildman–Crippen LogP) is 4.81. The summed E-state index contributed by atoms with van der Waals surface area (Å²) in [7, 11) is 0. The number of halogens is 3. The second-order valence-corrected chi connectivity index (χ2v) is 5.17.